The van der Waals surface area contributed by atoms with Gasteiger partial charge in [-0.3, -0.25) is 15.1 Å². The number of nitrogens with zero attached hydrogens (tertiary/aromatic N) is 3. The molecule has 3 N–H and O–H groups in total. The van der Waals surface area contributed by atoms with E-state index in [0.717, 1.165) is 16.5 Å². The normalized spacial score (nSPS) is 11.4. The summed E-state index contributed by atoms with van der Waals surface area (Å²) in [6, 6.07) is 5.85. The number of nitrogens with one attached hydrogen (secondary N) is 3. The number of H-pyrrole nitrogens is 3. The van der Waals surface area contributed by atoms with Crippen LogP contribution in [0.25, 0.3) is 33.5 Å². The molecule has 0 aliphatic carbocycles. The first-order valence-corrected chi connectivity index (χ1v) is 5.68. The van der Waals surface area contributed by atoms with Crippen LogP contribution in [-0.4, -0.2) is 30.1 Å². The maximum Gasteiger partial charge on any atom is 0.326 e. The second-order valence-corrected chi connectivity index (χ2v) is 4.20. The molecule has 0 saturated heterocycles. The quantitative estimate of drug-likeness (QED) is 0.473. The largest absolute Gasteiger partial charge is 0.326 e. The van der Waals surface area contributed by atoms with E-state index in [1.54, 1.807) is 12.4 Å². The molecule has 4 aromatic rings. The topological polar surface area (TPSA) is 103 Å². The predicted octanol–water partition coefficient (Wildman–Crippen LogP) is 1.19. The number of hydrogen-bond donors (Lipinski definition) is 3. The van der Waals surface area contributed by atoms with E-state index in [1.807, 2.05) is 18.2 Å². The molecule has 3 aromatic heterocycles. The van der Waals surface area contributed by atoms with Gasteiger partial charge in [-0.05, 0) is 6.07 Å². The summed E-state index contributed by atoms with van der Waals surface area (Å²) in [6.07, 6.45) is 3.39. The molecule has 0 unspecified atom stereocenters. The Morgan fingerprint density at radius 3 is 2.89 bits per heavy atom. The lowest BCUT2D eigenvalue weighted by Gasteiger charge is -2.00. The van der Waals surface area contributed by atoms with Crippen molar-refractivity contribution in [1.82, 2.24) is 30.1 Å². The first kappa shape index (κ1) is 10.0. The molecule has 4 rings (SSSR count). The smallest absolute Gasteiger partial charge is 0.289 e. The molecule has 7 heteroatoms. The lowest BCUT2D eigenvalue weighted by atomic mass is 10.1. The van der Waals surface area contributed by atoms with Crippen LogP contribution in [0.5, 0.6) is 0 Å². The molecule has 0 atom stereocenters. The second-order valence-electron chi connectivity index (χ2n) is 4.20. The van der Waals surface area contributed by atoms with Gasteiger partial charge in [0.05, 0.1) is 23.6 Å². The Balaban J connectivity index is 1.94. The number of rotatable bonds is 1. The van der Waals surface area contributed by atoms with Gasteiger partial charge in [0, 0.05) is 10.9 Å². The highest BCUT2D eigenvalue weighted by Gasteiger charge is 2.06. The van der Waals surface area contributed by atoms with E-state index in [0.29, 0.717) is 17.0 Å². The SMILES string of the molecule is O=c1[nH]c2ncc(-c3ccc4cn[nH]c4c3)nc2[nH]1. The van der Waals surface area contributed by atoms with Gasteiger partial charge in [-0.1, -0.05) is 12.1 Å². The Morgan fingerprint density at radius 2 is 1.95 bits per heavy atom. The minimum Gasteiger partial charge on any atom is -0.289 e. The van der Waals surface area contributed by atoms with Gasteiger partial charge in [0.25, 0.3) is 0 Å². The van der Waals surface area contributed by atoms with Crippen molar-refractivity contribution < 1.29 is 0 Å². The van der Waals surface area contributed by atoms with Crippen LogP contribution in [0.15, 0.2) is 35.4 Å². The fourth-order valence-corrected chi connectivity index (χ4v) is 2.05. The summed E-state index contributed by atoms with van der Waals surface area (Å²) in [4.78, 5) is 24.9. The van der Waals surface area contributed by atoms with Crippen molar-refractivity contribution in [2.75, 3.05) is 0 Å². The molecule has 0 saturated carbocycles. The Kier molecular flexibility index (Phi) is 1.85. The van der Waals surface area contributed by atoms with E-state index in [-0.39, 0.29) is 5.69 Å². The van der Waals surface area contributed by atoms with Crippen LogP contribution in [0, 0.1) is 0 Å². The van der Waals surface area contributed by atoms with E-state index in [2.05, 4.69) is 30.1 Å². The zero-order valence-electron chi connectivity index (χ0n) is 9.64. The Labute approximate surface area is 105 Å². The fraction of sp³-hybridized carbons (Fsp3) is 0. The summed E-state index contributed by atoms with van der Waals surface area (Å²) < 4.78 is 0. The van der Waals surface area contributed by atoms with E-state index in [9.17, 15) is 4.79 Å². The molecule has 0 radical (unpaired) electrons. The van der Waals surface area contributed by atoms with E-state index in [1.165, 1.54) is 0 Å². The van der Waals surface area contributed by atoms with Crippen LogP contribution in [0.1, 0.15) is 0 Å². The van der Waals surface area contributed by atoms with Gasteiger partial charge in [-0.15, -0.1) is 0 Å². The molecule has 0 spiro atoms. The van der Waals surface area contributed by atoms with Crippen LogP contribution in [-0.2, 0) is 0 Å². The van der Waals surface area contributed by atoms with Crippen molar-refractivity contribution in [2.45, 2.75) is 0 Å². The van der Waals surface area contributed by atoms with Crippen molar-refractivity contribution >= 4 is 22.2 Å². The monoisotopic (exact) mass is 252 g/mol. The highest BCUT2D eigenvalue weighted by Crippen LogP contribution is 2.21. The van der Waals surface area contributed by atoms with Crippen molar-refractivity contribution in [3.63, 3.8) is 0 Å². The molecular formula is C12H8N6O. The molecule has 7 nitrogen and oxygen atoms in total. The molecular weight excluding hydrogens is 244 g/mol. The van der Waals surface area contributed by atoms with Gasteiger partial charge in [0.2, 0.25) is 0 Å². The molecule has 92 valence electrons. The number of fused-ring (bicyclic) bond motifs is 2. The zero-order chi connectivity index (χ0) is 12.8. The van der Waals surface area contributed by atoms with Crippen molar-refractivity contribution in [2.24, 2.45) is 0 Å². The number of hydrogen-bond acceptors (Lipinski definition) is 4. The molecule has 0 fully saturated rings. The van der Waals surface area contributed by atoms with E-state index < -0.39 is 0 Å². The minimum absolute atomic E-state index is 0.309. The number of imidazole rings is 1. The highest BCUT2D eigenvalue weighted by molar-refractivity contribution is 5.83. The third-order valence-electron chi connectivity index (χ3n) is 2.97. The second kappa shape index (κ2) is 3.52. The first-order chi connectivity index (χ1) is 9.29. The summed E-state index contributed by atoms with van der Waals surface area (Å²) in [7, 11) is 0. The Bertz CT molecular complexity index is 947. The molecule has 0 bridgehead atoms. The first-order valence-electron chi connectivity index (χ1n) is 5.68. The molecule has 1 aromatic carbocycles. The van der Waals surface area contributed by atoms with Gasteiger partial charge >= 0.3 is 5.69 Å². The van der Waals surface area contributed by atoms with E-state index in [4.69, 9.17) is 0 Å². The van der Waals surface area contributed by atoms with Crippen LogP contribution >= 0.6 is 0 Å². The number of aromatic amines is 3. The zero-order valence-corrected chi connectivity index (χ0v) is 9.64. The maximum atomic E-state index is 11.2. The van der Waals surface area contributed by atoms with Crippen molar-refractivity contribution in [3.8, 4) is 11.3 Å². The van der Waals surface area contributed by atoms with Gasteiger partial charge in [0.1, 0.15) is 0 Å². The average Bonchev–Trinajstić information content (AvgIpc) is 3.01. The summed E-state index contributed by atoms with van der Waals surface area (Å²) in [5, 5.41) is 7.92. The third-order valence-corrected chi connectivity index (χ3v) is 2.97. The lowest BCUT2D eigenvalue weighted by molar-refractivity contribution is 1.12. The van der Waals surface area contributed by atoms with Gasteiger partial charge in [0.15, 0.2) is 11.3 Å². The van der Waals surface area contributed by atoms with Crippen LogP contribution in [0.2, 0.25) is 0 Å². The molecule has 19 heavy (non-hydrogen) atoms. The van der Waals surface area contributed by atoms with Gasteiger partial charge < -0.3 is 0 Å². The van der Waals surface area contributed by atoms with Crippen molar-refractivity contribution in [1.29, 1.82) is 0 Å². The summed E-state index contributed by atoms with van der Waals surface area (Å²) in [6.45, 7) is 0. The Morgan fingerprint density at radius 1 is 1.05 bits per heavy atom. The van der Waals surface area contributed by atoms with Crippen molar-refractivity contribution in [3.05, 3.63) is 41.1 Å². The molecule has 0 aliphatic rings. The van der Waals surface area contributed by atoms with Gasteiger partial charge in [-0.25, -0.2) is 14.8 Å². The summed E-state index contributed by atoms with van der Waals surface area (Å²) >= 11 is 0. The van der Waals surface area contributed by atoms with Crippen LogP contribution in [0.4, 0.5) is 0 Å². The summed E-state index contributed by atoms with van der Waals surface area (Å²) in [5.74, 6) is 0. The standard InChI is InChI=1S/C12H8N6O/c19-12-16-10-11(17-12)15-9(5-13-10)6-1-2-7-4-14-18-8(7)3-6/h1-5H,(H,14,18)(H2,13,15,16,17,19). The van der Waals surface area contributed by atoms with Gasteiger partial charge in [-0.2, -0.15) is 5.10 Å². The molecule has 3 heterocycles. The third kappa shape index (κ3) is 1.52. The maximum absolute atomic E-state index is 11.2. The molecule has 0 aliphatic heterocycles. The van der Waals surface area contributed by atoms with Crippen LogP contribution in [0.3, 0.4) is 0 Å². The van der Waals surface area contributed by atoms with E-state index >= 15 is 0 Å². The fourth-order valence-electron chi connectivity index (χ4n) is 2.05. The summed E-state index contributed by atoms with van der Waals surface area (Å²) in [5.41, 5.74) is 3.13. The average molecular weight is 252 g/mol. The predicted molar refractivity (Wildman–Crippen MR) is 69.6 cm³/mol. The lowest BCUT2D eigenvalue weighted by Crippen LogP contribution is -1.99. The highest BCUT2D eigenvalue weighted by atomic mass is 16.1. The Hall–Kier alpha value is -2.96. The molecule has 0 amide bonds. The van der Waals surface area contributed by atoms with Crippen LogP contribution < -0.4 is 5.69 Å². The number of aromatic nitrogens is 6. The minimum atomic E-state index is -0.309. The number of benzene rings is 1.